The molecule has 1 aromatic rings. The van der Waals surface area contributed by atoms with Crippen LogP contribution < -0.4 is 10.5 Å². The van der Waals surface area contributed by atoms with Gasteiger partial charge in [-0.05, 0) is 44.5 Å². The van der Waals surface area contributed by atoms with Gasteiger partial charge in [-0.2, -0.15) is 0 Å². The molecule has 19 heavy (non-hydrogen) atoms. The van der Waals surface area contributed by atoms with Gasteiger partial charge in [0.2, 0.25) is 0 Å². The average Bonchev–Trinajstić information content (AvgIpc) is 2.27. The van der Waals surface area contributed by atoms with Crippen LogP contribution in [0.3, 0.4) is 0 Å². The molecule has 1 aromatic carbocycles. The zero-order valence-electron chi connectivity index (χ0n) is 10.9. The molecule has 106 valence electrons. The van der Waals surface area contributed by atoms with Crippen molar-refractivity contribution in [2.45, 2.75) is 20.3 Å². The molecule has 0 amide bonds. The lowest BCUT2D eigenvalue weighted by molar-refractivity contribution is -0.148. The number of nitrogens with two attached hydrogens (primary N) is 1. The molecule has 0 unspecified atom stereocenters. The fourth-order valence-corrected chi connectivity index (χ4v) is 2.02. The second-order valence-corrected chi connectivity index (χ2v) is 5.74. The van der Waals surface area contributed by atoms with Crippen LogP contribution in [0.5, 0.6) is 5.75 Å². The number of carboxylic acids is 1. The number of carbonyl (C=O) groups is 1. The maximum atomic E-state index is 11.0. The van der Waals surface area contributed by atoms with E-state index in [1.807, 2.05) is 0 Å². The Balaban J connectivity index is 2.97. The van der Waals surface area contributed by atoms with Crippen molar-refractivity contribution >= 4 is 29.2 Å². The minimum absolute atomic E-state index is 0.0151. The summed E-state index contributed by atoms with van der Waals surface area (Å²) >= 11 is 12.0. The standard InChI is InChI=1S/C13H17Cl2NO3/c1-13(2,12(17)18)7-19-11-8(3-4-16)5-9(14)6-10(11)15/h5-6H,3-4,7,16H2,1-2H3,(H,17,18). The van der Waals surface area contributed by atoms with Crippen molar-refractivity contribution < 1.29 is 14.6 Å². The predicted molar refractivity (Wildman–Crippen MR) is 76.1 cm³/mol. The molecule has 0 bridgehead atoms. The Kier molecular flexibility index (Phi) is 5.47. The van der Waals surface area contributed by atoms with Crippen molar-refractivity contribution in [3.63, 3.8) is 0 Å². The molecule has 0 heterocycles. The smallest absolute Gasteiger partial charge is 0.312 e. The van der Waals surface area contributed by atoms with E-state index in [0.29, 0.717) is 28.8 Å². The minimum Gasteiger partial charge on any atom is -0.491 e. The minimum atomic E-state index is -0.997. The van der Waals surface area contributed by atoms with E-state index in [1.54, 1.807) is 26.0 Å². The molecule has 0 fully saturated rings. The number of ether oxygens (including phenoxy) is 1. The largest absolute Gasteiger partial charge is 0.491 e. The Hall–Kier alpha value is -0.970. The van der Waals surface area contributed by atoms with Crippen molar-refractivity contribution in [3.05, 3.63) is 27.7 Å². The second-order valence-electron chi connectivity index (χ2n) is 4.89. The number of benzene rings is 1. The van der Waals surface area contributed by atoms with Crippen molar-refractivity contribution in [3.8, 4) is 5.75 Å². The highest BCUT2D eigenvalue weighted by atomic mass is 35.5. The van der Waals surface area contributed by atoms with Crippen LogP contribution in [-0.4, -0.2) is 24.2 Å². The van der Waals surface area contributed by atoms with Crippen molar-refractivity contribution in [1.82, 2.24) is 0 Å². The summed E-state index contributed by atoms with van der Waals surface area (Å²) in [6, 6.07) is 3.29. The van der Waals surface area contributed by atoms with Gasteiger partial charge in [-0.1, -0.05) is 23.2 Å². The molecule has 0 aliphatic rings. The molecule has 0 aliphatic carbocycles. The summed E-state index contributed by atoms with van der Waals surface area (Å²) in [6.45, 7) is 3.61. The van der Waals surface area contributed by atoms with E-state index in [4.69, 9.17) is 38.8 Å². The first kappa shape index (κ1) is 16.1. The molecule has 0 radical (unpaired) electrons. The molecule has 0 aliphatic heterocycles. The number of hydrogen-bond donors (Lipinski definition) is 2. The van der Waals surface area contributed by atoms with Gasteiger partial charge < -0.3 is 15.6 Å². The lowest BCUT2D eigenvalue weighted by atomic mass is 9.95. The molecule has 3 N–H and O–H groups in total. The zero-order chi connectivity index (χ0) is 14.6. The predicted octanol–water partition coefficient (Wildman–Crippen LogP) is 2.98. The molecule has 1 rings (SSSR count). The van der Waals surface area contributed by atoms with E-state index >= 15 is 0 Å². The first-order valence-corrected chi connectivity index (χ1v) is 6.57. The quantitative estimate of drug-likeness (QED) is 0.847. The van der Waals surface area contributed by atoms with Gasteiger partial charge in [0.15, 0.2) is 0 Å². The highest BCUT2D eigenvalue weighted by molar-refractivity contribution is 6.35. The monoisotopic (exact) mass is 305 g/mol. The average molecular weight is 306 g/mol. The first-order chi connectivity index (χ1) is 8.77. The number of hydrogen-bond acceptors (Lipinski definition) is 3. The van der Waals surface area contributed by atoms with E-state index in [2.05, 4.69) is 0 Å². The van der Waals surface area contributed by atoms with Gasteiger partial charge in [-0.3, -0.25) is 4.79 Å². The van der Waals surface area contributed by atoms with Crippen LogP contribution in [0.1, 0.15) is 19.4 Å². The van der Waals surface area contributed by atoms with E-state index in [0.717, 1.165) is 5.56 Å². The SMILES string of the molecule is CC(C)(COc1c(Cl)cc(Cl)cc1CCN)C(=O)O. The van der Waals surface area contributed by atoms with Crippen LogP contribution in [0.15, 0.2) is 12.1 Å². The zero-order valence-corrected chi connectivity index (χ0v) is 12.4. The number of halogens is 2. The third-order valence-electron chi connectivity index (χ3n) is 2.66. The summed E-state index contributed by atoms with van der Waals surface area (Å²) in [5, 5.41) is 9.91. The second kappa shape index (κ2) is 6.46. The van der Waals surface area contributed by atoms with Gasteiger partial charge in [-0.15, -0.1) is 0 Å². The Morgan fingerprint density at radius 2 is 2.05 bits per heavy atom. The van der Waals surface area contributed by atoms with E-state index < -0.39 is 11.4 Å². The van der Waals surface area contributed by atoms with Crippen LogP contribution in [0.4, 0.5) is 0 Å². The lowest BCUT2D eigenvalue weighted by Crippen LogP contribution is -2.31. The highest BCUT2D eigenvalue weighted by Gasteiger charge is 2.28. The van der Waals surface area contributed by atoms with E-state index in [1.165, 1.54) is 0 Å². The van der Waals surface area contributed by atoms with Gasteiger partial charge in [0, 0.05) is 5.02 Å². The van der Waals surface area contributed by atoms with Crippen LogP contribution in [0, 0.1) is 5.41 Å². The Bertz CT molecular complexity index is 475. The molecule has 4 nitrogen and oxygen atoms in total. The van der Waals surface area contributed by atoms with Gasteiger partial charge >= 0.3 is 5.97 Å². The molecular weight excluding hydrogens is 289 g/mol. The molecule has 0 saturated heterocycles. The van der Waals surface area contributed by atoms with Gasteiger partial charge in [-0.25, -0.2) is 0 Å². The molecule has 0 saturated carbocycles. The number of carboxylic acid groups (broad SMARTS) is 1. The maximum Gasteiger partial charge on any atom is 0.312 e. The molecule has 6 heteroatoms. The number of aliphatic carboxylic acids is 1. The summed E-state index contributed by atoms with van der Waals surface area (Å²) in [4.78, 5) is 11.0. The molecule has 0 atom stereocenters. The van der Waals surface area contributed by atoms with Crippen LogP contribution in [0.25, 0.3) is 0 Å². The van der Waals surface area contributed by atoms with Crippen molar-refractivity contribution in [2.24, 2.45) is 11.1 Å². The summed E-state index contributed by atoms with van der Waals surface area (Å²) in [7, 11) is 0. The van der Waals surface area contributed by atoms with Gasteiger partial charge in [0.25, 0.3) is 0 Å². The van der Waals surface area contributed by atoms with E-state index in [9.17, 15) is 4.79 Å². The summed E-state index contributed by atoms with van der Waals surface area (Å²) in [6.07, 6.45) is 0.559. The Morgan fingerprint density at radius 1 is 1.42 bits per heavy atom. The number of rotatable bonds is 6. The fraction of sp³-hybridized carbons (Fsp3) is 0.462. The van der Waals surface area contributed by atoms with Gasteiger partial charge in [0.05, 0.1) is 10.4 Å². The third-order valence-corrected chi connectivity index (χ3v) is 3.15. The topological polar surface area (TPSA) is 72.5 Å². The lowest BCUT2D eigenvalue weighted by Gasteiger charge is -2.21. The molecule has 0 aromatic heterocycles. The maximum absolute atomic E-state index is 11.0. The van der Waals surface area contributed by atoms with Crippen LogP contribution in [0.2, 0.25) is 10.0 Å². The summed E-state index contributed by atoms with van der Waals surface area (Å²) in [5.41, 5.74) is 5.31. The van der Waals surface area contributed by atoms with Crippen molar-refractivity contribution in [2.75, 3.05) is 13.2 Å². The highest BCUT2D eigenvalue weighted by Crippen LogP contribution is 2.33. The Labute approximate surface area is 122 Å². The third kappa shape index (κ3) is 4.27. The molecular formula is C13H17Cl2NO3. The van der Waals surface area contributed by atoms with Crippen molar-refractivity contribution in [1.29, 1.82) is 0 Å². The summed E-state index contributed by atoms with van der Waals surface area (Å²) < 4.78 is 5.57. The first-order valence-electron chi connectivity index (χ1n) is 5.82. The van der Waals surface area contributed by atoms with Crippen LogP contribution >= 0.6 is 23.2 Å². The fourth-order valence-electron chi connectivity index (χ4n) is 1.43. The Morgan fingerprint density at radius 3 is 2.58 bits per heavy atom. The van der Waals surface area contributed by atoms with Gasteiger partial charge in [0.1, 0.15) is 12.4 Å². The summed E-state index contributed by atoms with van der Waals surface area (Å²) in [5.74, 6) is -0.483. The normalized spacial score (nSPS) is 11.4. The van der Waals surface area contributed by atoms with E-state index in [-0.39, 0.29) is 6.61 Å². The molecule has 0 spiro atoms. The van der Waals surface area contributed by atoms with Crippen LogP contribution in [-0.2, 0) is 11.2 Å².